The van der Waals surface area contributed by atoms with Crippen molar-refractivity contribution >= 4 is 28.1 Å². The summed E-state index contributed by atoms with van der Waals surface area (Å²) in [6.07, 6.45) is 3.27. The predicted molar refractivity (Wildman–Crippen MR) is 107 cm³/mol. The molecule has 0 aliphatic heterocycles. The zero-order valence-electron chi connectivity index (χ0n) is 15.6. The predicted octanol–water partition coefficient (Wildman–Crippen LogP) is 5.33. The van der Waals surface area contributed by atoms with Crippen molar-refractivity contribution in [3.8, 4) is 0 Å². The van der Waals surface area contributed by atoms with Crippen LogP contribution in [0.15, 0.2) is 48.5 Å². The number of fused-ring (bicyclic) bond motifs is 2. The normalized spacial score (nSPS) is 13.2. The van der Waals surface area contributed by atoms with E-state index in [9.17, 15) is 4.79 Å². The van der Waals surface area contributed by atoms with Crippen LogP contribution in [0.4, 0.5) is 11.4 Å². The molecule has 0 fully saturated rings. The van der Waals surface area contributed by atoms with Gasteiger partial charge in [-0.05, 0) is 43.0 Å². The van der Waals surface area contributed by atoms with Crippen molar-refractivity contribution in [1.29, 1.82) is 0 Å². The lowest BCUT2D eigenvalue weighted by atomic mass is 10.00. The average Bonchev–Trinajstić information content (AvgIpc) is 3.12. The molecule has 1 aliphatic carbocycles. The van der Waals surface area contributed by atoms with Crippen molar-refractivity contribution in [3.63, 3.8) is 0 Å². The van der Waals surface area contributed by atoms with E-state index in [1.165, 1.54) is 22.3 Å². The first-order valence-corrected chi connectivity index (χ1v) is 9.34. The maximum absolute atomic E-state index is 12.4. The second kappa shape index (κ2) is 6.56. The van der Waals surface area contributed by atoms with E-state index in [0.29, 0.717) is 0 Å². The van der Waals surface area contributed by atoms with Crippen LogP contribution in [0, 0.1) is 5.92 Å². The van der Waals surface area contributed by atoms with Crippen LogP contribution in [0.25, 0.3) is 10.9 Å². The molecule has 0 unspecified atom stereocenters. The Morgan fingerprint density at radius 3 is 2.69 bits per heavy atom. The Labute approximate surface area is 154 Å². The Bertz CT molecular complexity index is 991. The van der Waals surface area contributed by atoms with Gasteiger partial charge in [0.05, 0.1) is 11.2 Å². The van der Waals surface area contributed by atoms with Crippen LogP contribution in [-0.2, 0) is 12.8 Å². The molecular formula is C23H24N2O. The molecule has 26 heavy (non-hydrogen) atoms. The minimum atomic E-state index is 0.00144. The molecule has 2 aromatic carbocycles. The number of hydrogen-bond donors (Lipinski definition) is 0. The zero-order valence-corrected chi connectivity index (χ0v) is 15.6. The number of aryl methyl sites for hydroxylation is 1. The van der Waals surface area contributed by atoms with Gasteiger partial charge in [-0.25, -0.2) is 0 Å². The van der Waals surface area contributed by atoms with E-state index in [0.717, 1.165) is 36.0 Å². The minimum Gasteiger partial charge on any atom is -0.344 e. The lowest BCUT2D eigenvalue weighted by Gasteiger charge is -2.25. The fraction of sp³-hybridized carbons (Fsp3) is 0.304. The highest BCUT2D eigenvalue weighted by molar-refractivity contribution is 6.00. The smallest absolute Gasteiger partial charge is 0.165 e. The van der Waals surface area contributed by atoms with E-state index in [-0.39, 0.29) is 11.7 Å². The van der Waals surface area contributed by atoms with E-state index in [2.05, 4.69) is 36.2 Å². The van der Waals surface area contributed by atoms with Crippen LogP contribution in [0.2, 0.25) is 0 Å². The highest BCUT2D eigenvalue weighted by Gasteiger charge is 2.22. The Balaban J connectivity index is 1.86. The summed E-state index contributed by atoms with van der Waals surface area (Å²) in [6, 6.07) is 16.3. The van der Waals surface area contributed by atoms with Gasteiger partial charge in [-0.15, -0.1) is 0 Å². The summed E-state index contributed by atoms with van der Waals surface area (Å²) in [5.74, 6) is 0.187. The molecule has 1 aromatic heterocycles. The first kappa shape index (κ1) is 16.8. The molecule has 0 bridgehead atoms. The van der Waals surface area contributed by atoms with Crippen LogP contribution >= 0.6 is 0 Å². The van der Waals surface area contributed by atoms with Crippen LogP contribution in [0.5, 0.6) is 0 Å². The molecule has 132 valence electrons. The van der Waals surface area contributed by atoms with Gasteiger partial charge in [0.15, 0.2) is 5.78 Å². The van der Waals surface area contributed by atoms with Crippen molar-refractivity contribution in [2.75, 3.05) is 11.9 Å². The van der Waals surface area contributed by atoms with Gasteiger partial charge in [-0.2, -0.15) is 0 Å². The summed E-state index contributed by atoms with van der Waals surface area (Å²) < 4.78 is 0. The molecule has 0 saturated carbocycles. The number of aromatic nitrogens is 1. The number of ketones is 1. The van der Waals surface area contributed by atoms with Gasteiger partial charge < -0.3 is 4.90 Å². The maximum Gasteiger partial charge on any atom is 0.165 e. The van der Waals surface area contributed by atoms with Crippen molar-refractivity contribution in [2.45, 2.75) is 33.1 Å². The summed E-state index contributed by atoms with van der Waals surface area (Å²) >= 11 is 0. The topological polar surface area (TPSA) is 33.2 Å². The minimum absolute atomic E-state index is 0.00144. The number of carbonyl (C=O) groups excluding carboxylic acids is 1. The fourth-order valence-electron chi connectivity index (χ4n) is 3.90. The maximum atomic E-state index is 12.4. The monoisotopic (exact) mass is 344 g/mol. The highest BCUT2D eigenvalue weighted by atomic mass is 16.1. The standard InChI is InChI=1S/C23H24N2O/c1-15(2)23(26)16-8-6-9-17(14-16)25(3)22-18-10-4-5-12-20(18)24-21-13-7-11-19(21)22/h4-6,8-10,12,14-15H,7,11,13H2,1-3H3. The summed E-state index contributed by atoms with van der Waals surface area (Å²) in [6.45, 7) is 3.89. The number of pyridine rings is 1. The van der Waals surface area contributed by atoms with Gasteiger partial charge >= 0.3 is 0 Å². The molecule has 1 heterocycles. The third kappa shape index (κ3) is 2.78. The van der Waals surface area contributed by atoms with Crippen LogP contribution < -0.4 is 4.90 Å². The Hall–Kier alpha value is -2.68. The summed E-state index contributed by atoms with van der Waals surface area (Å²) in [7, 11) is 2.10. The SMILES string of the molecule is CC(C)C(=O)c1cccc(N(C)c2c3c(nc4ccccc24)CCC3)c1. The zero-order chi connectivity index (χ0) is 18.3. The molecule has 0 N–H and O–H groups in total. The molecule has 0 spiro atoms. The molecule has 1 aliphatic rings. The number of benzene rings is 2. The molecular weight excluding hydrogens is 320 g/mol. The number of Topliss-reactive ketones (excluding diaryl/α,β-unsaturated/α-hetero) is 1. The summed E-state index contributed by atoms with van der Waals surface area (Å²) in [5, 5.41) is 1.18. The van der Waals surface area contributed by atoms with Crippen molar-refractivity contribution in [1.82, 2.24) is 4.98 Å². The van der Waals surface area contributed by atoms with Gasteiger partial charge in [0.25, 0.3) is 0 Å². The van der Waals surface area contributed by atoms with E-state index in [1.54, 1.807) is 0 Å². The molecule has 3 aromatic rings. The fourth-order valence-corrected chi connectivity index (χ4v) is 3.90. The number of anilines is 2. The van der Waals surface area contributed by atoms with Crippen LogP contribution in [0.1, 0.15) is 41.9 Å². The highest BCUT2D eigenvalue weighted by Crippen LogP contribution is 2.39. The summed E-state index contributed by atoms with van der Waals surface area (Å²) in [4.78, 5) is 19.5. The number of carbonyl (C=O) groups is 1. The number of hydrogen-bond acceptors (Lipinski definition) is 3. The quantitative estimate of drug-likeness (QED) is 0.600. The Kier molecular flexibility index (Phi) is 4.23. The lowest BCUT2D eigenvalue weighted by molar-refractivity contribution is 0.0939. The Morgan fingerprint density at radius 1 is 1.08 bits per heavy atom. The first-order valence-electron chi connectivity index (χ1n) is 9.34. The molecule has 3 heteroatoms. The van der Waals surface area contributed by atoms with Crippen molar-refractivity contribution in [3.05, 3.63) is 65.4 Å². The second-order valence-corrected chi connectivity index (χ2v) is 7.38. The van der Waals surface area contributed by atoms with Crippen molar-refractivity contribution in [2.24, 2.45) is 5.92 Å². The average molecular weight is 344 g/mol. The van der Waals surface area contributed by atoms with E-state index in [1.807, 2.05) is 38.1 Å². The van der Waals surface area contributed by atoms with Crippen LogP contribution in [-0.4, -0.2) is 17.8 Å². The Morgan fingerprint density at radius 2 is 1.88 bits per heavy atom. The third-order valence-corrected chi connectivity index (χ3v) is 5.27. The molecule has 3 nitrogen and oxygen atoms in total. The summed E-state index contributed by atoms with van der Waals surface area (Å²) in [5.41, 5.74) is 6.68. The van der Waals surface area contributed by atoms with Crippen molar-refractivity contribution < 1.29 is 4.79 Å². The number of para-hydroxylation sites is 1. The second-order valence-electron chi connectivity index (χ2n) is 7.38. The van der Waals surface area contributed by atoms with Gasteiger partial charge in [-0.3, -0.25) is 9.78 Å². The molecule has 4 rings (SSSR count). The molecule has 0 saturated heterocycles. The lowest BCUT2D eigenvalue weighted by Crippen LogP contribution is -2.15. The molecule has 0 amide bonds. The third-order valence-electron chi connectivity index (χ3n) is 5.27. The van der Waals surface area contributed by atoms with E-state index in [4.69, 9.17) is 4.98 Å². The van der Waals surface area contributed by atoms with E-state index < -0.39 is 0 Å². The van der Waals surface area contributed by atoms with Gasteiger partial charge in [0.1, 0.15) is 0 Å². The van der Waals surface area contributed by atoms with Crippen LogP contribution in [0.3, 0.4) is 0 Å². The largest absolute Gasteiger partial charge is 0.344 e. The number of nitrogens with zero attached hydrogens (tertiary/aromatic N) is 2. The molecule has 0 radical (unpaired) electrons. The first-order chi connectivity index (χ1) is 12.6. The van der Waals surface area contributed by atoms with Gasteiger partial charge in [0.2, 0.25) is 0 Å². The number of rotatable bonds is 4. The van der Waals surface area contributed by atoms with Gasteiger partial charge in [0, 0.05) is 35.3 Å². The van der Waals surface area contributed by atoms with E-state index >= 15 is 0 Å². The van der Waals surface area contributed by atoms with Gasteiger partial charge in [-0.1, -0.05) is 44.2 Å². The molecule has 0 atom stereocenters.